The Labute approximate surface area is 216 Å². The summed E-state index contributed by atoms with van der Waals surface area (Å²) in [5, 5.41) is 14.1. The van der Waals surface area contributed by atoms with Gasteiger partial charge in [-0.05, 0) is 42.5 Å². The largest absolute Gasteiger partial charge is 0.497 e. The van der Waals surface area contributed by atoms with Crippen molar-refractivity contribution >= 4 is 29.3 Å². The van der Waals surface area contributed by atoms with Gasteiger partial charge in [0.25, 0.3) is 5.69 Å². The highest BCUT2D eigenvalue weighted by atomic mass is 32.2. The van der Waals surface area contributed by atoms with Crippen molar-refractivity contribution in [3.05, 3.63) is 69.8 Å². The normalized spacial score (nSPS) is 14.6. The van der Waals surface area contributed by atoms with Crippen molar-refractivity contribution in [2.45, 2.75) is 69.8 Å². The second-order valence-electron chi connectivity index (χ2n) is 9.05. The van der Waals surface area contributed by atoms with E-state index in [0.29, 0.717) is 18.7 Å². The number of thioether (sulfide) groups is 1. The van der Waals surface area contributed by atoms with Gasteiger partial charge >= 0.3 is 0 Å². The number of nitro benzene ring substituents is 1. The van der Waals surface area contributed by atoms with Gasteiger partial charge in [-0.3, -0.25) is 19.7 Å². The number of nitro groups is 1. The summed E-state index contributed by atoms with van der Waals surface area (Å²) in [6, 6.07) is 13.5. The fraction of sp³-hybridized carbons (Fsp3) is 0.481. The predicted octanol–water partition coefficient (Wildman–Crippen LogP) is 5.09. The molecule has 2 amide bonds. The Kier molecular flexibility index (Phi) is 10.6. The third kappa shape index (κ3) is 7.98. The lowest BCUT2D eigenvalue weighted by Gasteiger charge is -2.32. The summed E-state index contributed by atoms with van der Waals surface area (Å²) in [5.41, 5.74) is 1.87. The van der Waals surface area contributed by atoms with Crippen molar-refractivity contribution in [2.24, 2.45) is 0 Å². The van der Waals surface area contributed by atoms with E-state index < -0.39 is 11.0 Å². The zero-order chi connectivity index (χ0) is 25.9. The molecular formula is C27H35N3O5S. The minimum Gasteiger partial charge on any atom is -0.497 e. The smallest absolute Gasteiger partial charge is 0.269 e. The monoisotopic (exact) mass is 513 g/mol. The quantitative estimate of drug-likeness (QED) is 0.313. The fourth-order valence-electron chi connectivity index (χ4n) is 4.44. The molecule has 1 saturated carbocycles. The van der Waals surface area contributed by atoms with Gasteiger partial charge in [-0.2, -0.15) is 0 Å². The Morgan fingerprint density at radius 2 is 1.72 bits per heavy atom. The Morgan fingerprint density at radius 3 is 2.31 bits per heavy atom. The van der Waals surface area contributed by atoms with Gasteiger partial charge in [0.05, 0.1) is 17.8 Å². The maximum atomic E-state index is 13.4. The first-order chi connectivity index (χ1) is 17.4. The summed E-state index contributed by atoms with van der Waals surface area (Å²) in [6.07, 6.45) is 5.94. The van der Waals surface area contributed by atoms with Gasteiger partial charge in [-0.1, -0.05) is 50.5 Å². The number of rotatable bonds is 12. The Hall–Kier alpha value is -3.07. The number of amides is 2. The van der Waals surface area contributed by atoms with Gasteiger partial charge in [0.1, 0.15) is 11.8 Å². The number of hydrogen-bond acceptors (Lipinski definition) is 6. The lowest BCUT2D eigenvalue weighted by atomic mass is 9.95. The highest BCUT2D eigenvalue weighted by Gasteiger charge is 2.30. The van der Waals surface area contributed by atoms with E-state index in [0.717, 1.165) is 42.6 Å². The first-order valence-electron chi connectivity index (χ1n) is 12.4. The Bertz CT molecular complexity index is 1010. The molecule has 0 saturated heterocycles. The van der Waals surface area contributed by atoms with Crippen LogP contribution in [0, 0.1) is 10.1 Å². The van der Waals surface area contributed by atoms with Gasteiger partial charge < -0.3 is 15.0 Å². The number of carbonyl (C=O) groups is 2. The summed E-state index contributed by atoms with van der Waals surface area (Å²) < 4.78 is 5.24. The second-order valence-corrected chi connectivity index (χ2v) is 10.0. The van der Waals surface area contributed by atoms with Crippen LogP contribution in [0.15, 0.2) is 48.5 Å². The molecule has 1 aliphatic rings. The van der Waals surface area contributed by atoms with Crippen LogP contribution >= 0.6 is 11.8 Å². The number of ether oxygens (including phenoxy) is 1. The standard InChI is InChI=1S/C27H35N3O5S/c1-3-25(27(32)28-22-7-5-4-6-8-22)29(17-20-11-15-24(35-2)16-12-20)26(31)19-36-18-21-9-13-23(14-10-21)30(33)34/h9-16,22,25H,3-8,17-19H2,1-2H3,(H,28,32)/t25-/m0/s1. The number of nitrogens with zero attached hydrogens (tertiary/aromatic N) is 2. The van der Waals surface area contributed by atoms with Crippen LogP contribution in [0.5, 0.6) is 5.75 Å². The molecule has 1 N–H and O–H groups in total. The number of non-ortho nitro benzene ring substituents is 1. The summed E-state index contributed by atoms with van der Waals surface area (Å²) in [4.78, 5) is 38.8. The van der Waals surface area contributed by atoms with Crippen molar-refractivity contribution in [1.29, 1.82) is 0 Å². The van der Waals surface area contributed by atoms with E-state index in [4.69, 9.17) is 4.74 Å². The fourth-order valence-corrected chi connectivity index (χ4v) is 5.32. The summed E-state index contributed by atoms with van der Waals surface area (Å²) in [5.74, 6) is 1.29. The van der Waals surface area contributed by atoms with E-state index in [-0.39, 0.29) is 29.3 Å². The molecule has 2 aromatic carbocycles. The molecule has 36 heavy (non-hydrogen) atoms. The molecule has 1 fully saturated rings. The minimum absolute atomic E-state index is 0.0419. The summed E-state index contributed by atoms with van der Waals surface area (Å²) in [6.45, 7) is 2.26. The molecule has 8 nitrogen and oxygen atoms in total. The van der Waals surface area contributed by atoms with Gasteiger partial charge in [0, 0.05) is 30.5 Å². The first kappa shape index (κ1) is 27.5. The van der Waals surface area contributed by atoms with Gasteiger partial charge in [0.15, 0.2) is 0 Å². The molecule has 1 atom stereocenters. The molecule has 0 radical (unpaired) electrons. The number of benzene rings is 2. The van der Waals surface area contributed by atoms with Crippen LogP contribution in [-0.2, 0) is 21.9 Å². The topological polar surface area (TPSA) is 102 Å². The molecule has 194 valence electrons. The molecular weight excluding hydrogens is 478 g/mol. The van der Waals surface area contributed by atoms with E-state index in [2.05, 4.69) is 5.32 Å². The molecule has 1 aliphatic carbocycles. The molecule has 3 rings (SSSR count). The average Bonchev–Trinajstić information content (AvgIpc) is 2.89. The SMILES string of the molecule is CC[C@@H](C(=O)NC1CCCCC1)N(Cc1ccc(OC)cc1)C(=O)CSCc1ccc([N+](=O)[O-])cc1. The zero-order valence-corrected chi connectivity index (χ0v) is 21.8. The lowest BCUT2D eigenvalue weighted by Crippen LogP contribution is -2.52. The molecule has 0 unspecified atom stereocenters. The third-order valence-electron chi connectivity index (χ3n) is 6.49. The molecule has 2 aromatic rings. The Morgan fingerprint density at radius 1 is 1.08 bits per heavy atom. The second kappa shape index (κ2) is 13.9. The number of nitrogens with one attached hydrogen (secondary N) is 1. The first-order valence-corrected chi connectivity index (χ1v) is 13.6. The molecule has 0 bridgehead atoms. The minimum atomic E-state index is -0.554. The summed E-state index contributed by atoms with van der Waals surface area (Å²) >= 11 is 1.44. The van der Waals surface area contributed by atoms with Crippen LogP contribution in [0.4, 0.5) is 5.69 Å². The van der Waals surface area contributed by atoms with E-state index in [1.54, 1.807) is 24.1 Å². The van der Waals surface area contributed by atoms with E-state index in [9.17, 15) is 19.7 Å². The van der Waals surface area contributed by atoms with E-state index in [1.807, 2.05) is 31.2 Å². The lowest BCUT2D eigenvalue weighted by molar-refractivity contribution is -0.384. The van der Waals surface area contributed by atoms with Crippen LogP contribution in [0.25, 0.3) is 0 Å². The van der Waals surface area contributed by atoms with Gasteiger partial charge in [-0.25, -0.2) is 0 Å². The van der Waals surface area contributed by atoms with E-state index in [1.165, 1.54) is 30.3 Å². The van der Waals surface area contributed by atoms with Crippen molar-refractivity contribution in [3.63, 3.8) is 0 Å². The molecule has 0 heterocycles. The van der Waals surface area contributed by atoms with Crippen molar-refractivity contribution in [3.8, 4) is 5.75 Å². The average molecular weight is 514 g/mol. The van der Waals surface area contributed by atoms with Crippen LogP contribution < -0.4 is 10.1 Å². The number of carbonyl (C=O) groups excluding carboxylic acids is 2. The highest BCUT2D eigenvalue weighted by molar-refractivity contribution is 7.99. The van der Waals surface area contributed by atoms with Crippen LogP contribution in [0.1, 0.15) is 56.6 Å². The molecule has 0 aromatic heterocycles. The van der Waals surface area contributed by atoms with Crippen molar-refractivity contribution in [1.82, 2.24) is 10.2 Å². The molecule has 0 spiro atoms. The van der Waals surface area contributed by atoms with Gasteiger partial charge in [-0.15, -0.1) is 11.8 Å². The van der Waals surface area contributed by atoms with Crippen LogP contribution in [0.3, 0.4) is 0 Å². The van der Waals surface area contributed by atoms with E-state index >= 15 is 0 Å². The maximum absolute atomic E-state index is 13.4. The van der Waals surface area contributed by atoms with Crippen molar-refractivity contribution < 1.29 is 19.2 Å². The molecule has 0 aliphatic heterocycles. The van der Waals surface area contributed by atoms with Gasteiger partial charge in [0.2, 0.25) is 11.8 Å². The molecule has 9 heteroatoms. The third-order valence-corrected chi connectivity index (χ3v) is 7.48. The van der Waals surface area contributed by atoms with Crippen LogP contribution in [-0.4, -0.2) is 46.6 Å². The summed E-state index contributed by atoms with van der Waals surface area (Å²) in [7, 11) is 1.61. The van der Waals surface area contributed by atoms with Crippen molar-refractivity contribution in [2.75, 3.05) is 12.9 Å². The maximum Gasteiger partial charge on any atom is 0.269 e. The Balaban J connectivity index is 1.69. The highest BCUT2D eigenvalue weighted by Crippen LogP contribution is 2.22. The number of methoxy groups -OCH3 is 1. The van der Waals surface area contributed by atoms with Crippen LogP contribution in [0.2, 0.25) is 0 Å². The predicted molar refractivity (Wildman–Crippen MR) is 142 cm³/mol. The zero-order valence-electron chi connectivity index (χ0n) is 21.0. The number of hydrogen-bond donors (Lipinski definition) is 1.